The van der Waals surface area contributed by atoms with Gasteiger partial charge in [-0.15, -0.1) is 0 Å². The smallest absolute Gasteiger partial charge is 0.0949 e. The van der Waals surface area contributed by atoms with Gasteiger partial charge in [-0.25, -0.2) is 4.68 Å². The maximum atomic E-state index is 5.80. The molecule has 0 amide bonds. The Bertz CT molecular complexity index is 800. The Kier molecular flexibility index (Phi) is 4.15. The predicted molar refractivity (Wildman–Crippen MR) is 95.3 cm³/mol. The maximum Gasteiger partial charge on any atom is 0.0949 e. The molecule has 0 spiro atoms. The van der Waals surface area contributed by atoms with Crippen molar-refractivity contribution in [3.05, 3.63) is 72.1 Å². The summed E-state index contributed by atoms with van der Waals surface area (Å²) in [6.07, 6.45) is 4.13. The van der Waals surface area contributed by atoms with E-state index in [-0.39, 0.29) is 6.10 Å². The number of morpholine rings is 1. The molecule has 2 aromatic carbocycles. The van der Waals surface area contributed by atoms with Crippen LogP contribution in [0.15, 0.2) is 60.9 Å². The zero-order chi connectivity index (χ0) is 16.4. The number of nitrogens with zero attached hydrogens (tertiary/aromatic N) is 2. The molecule has 4 heteroatoms. The average Bonchev–Trinajstić information content (AvgIpc) is 3.13. The van der Waals surface area contributed by atoms with Crippen LogP contribution in [0.25, 0.3) is 16.8 Å². The Labute approximate surface area is 142 Å². The molecule has 1 atom stereocenters. The Morgan fingerprint density at radius 3 is 2.54 bits per heavy atom. The van der Waals surface area contributed by atoms with Gasteiger partial charge in [0.1, 0.15) is 0 Å². The van der Waals surface area contributed by atoms with E-state index in [2.05, 4.69) is 72.1 Å². The van der Waals surface area contributed by atoms with Crippen LogP contribution >= 0.6 is 0 Å². The van der Waals surface area contributed by atoms with E-state index in [1.807, 2.05) is 10.9 Å². The fraction of sp³-hybridized carbons (Fsp3) is 0.250. The van der Waals surface area contributed by atoms with Gasteiger partial charge in [-0.3, -0.25) is 0 Å². The lowest BCUT2D eigenvalue weighted by atomic mass is 10.0. The summed E-state index contributed by atoms with van der Waals surface area (Å²) in [6, 6.07) is 17.0. The minimum Gasteiger partial charge on any atom is -0.371 e. The maximum absolute atomic E-state index is 5.80. The first-order chi connectivity index (χ1) is 11.8. The summed E-state index contributed by atoms with van der Waals surface area (Å²) >= 11 is 0. The Hall–Kier alpha value is -2.43. The van der Waals surface area contributed by atoms with Crippen molar-refractivity contribution in [3.8, 4) is 16.8 Å². The molecule has 1 aromatic heterocycles. The first-order valence-corrected chi connectivity index (χ1v) is 8.34. The molecule has 0 aliphatic carbocycles. The second kappa shape index (κ2) is 6.59. The molecule has 1 aliphatic heterocycles. The Morgan fingerprint density at radius 2 is 1.83 bits per heavy atom. The predicted octanol–water partition coefficient (Wildman–Crippen LogP) is 3.51. The first-order valence-electron chi connectivity index (χ1n) is 8.34. The third kappa shape index (κ3) is 3.11. The molecule has 1 saturated heterocycles. The Balaban J connectivity index is 1.54. The summed E-state index contributed by atoms with van der Waals surface area (Å²) in [5.41, 5.74) is 5.83. The zero-order valence-electron chi connectivity index (χ0n) is 13.8. The highest BCUT2D eigenvalue weighted by molar-refractivity contribution is 5.62. The van der Waals surface area contributed by atoms with E-state index in [0.717, 1.165) is 30.9 Å². The Morgan fingerprint density at radius 1 is 1.04 bits per heavy atom. The number of aryl methyl sites for hydroxylation is 1. The topological polar surface area (TPSA) is 39.1 Å². The zero-order valence-corrected chi connectivity index (χ0v) is 13.8. The summed E-state index contributed by atoms with van der Waals surface area (Å²) in [6.45, 7) is 4.68. The van der Waals surface area contributed by atoms with Gasteiger partial charge in [-0.05, 0) is 30.2 Å². The summed E-state index contributed by atoms with van der Waals surface area (Å²) in [5.74, 6) is 0. The van der Waals surface area contributed by atoms with Crippen molar-refractivity contribution < 1.29 is 4.74 Å². The fourth-order valence-electron chi connectivity index (χ4n) is 2.98. The minimum atomic E-state index is 0.156. The molecule has 24 heavy (non-hydrogen) atoms. The van der Waals surface area contributed by atoms with Gasteiger partial charge in [-0.1, -0.05) is 42.0 Å². The third-order valence-electron chi connectivity index (χ3n) is 4.42. The molecule has 4 nitrogen and oxygen atoms in total. The standard InChI is InChI=1S/C20H21N3O/c1-15-2-8-19(9-3-15)23-14-18(12-22-23)16-4-6-17(7-5-16)20-13-21-10-11-24-20/h2-9,12,14,20-21H,10-11,13H2,1H3/t20-/m0/s1. The molecule has 0 bridgehead atoms. The van der Waals surface area contributed by atoms with Crippen molar-refractivity contribution in [1.82, 2.24) is 15.1 Å². The van der Waals surface area contributed by atoms with Crippen molar-refractivity contribution in [2.24, 2.45) is 0 Å². The van der Waals surface area contributed by atoms with E-state index in [4.69, 9.17) is 4.74 Å². The van der Waals surface area contributed by atoms with Crippen LogP contribution in [0.2, 0.25) is 0 Å². The quantitative estimate of drug-likeness (QED) is 0.803. The number of hydrogen-bond acceptors (Lipinski definition) is 3. The van der Waals surface area contributed by atoms with Crippen molar-refractivity contribution in [3.63, 3.8) is 0 Å². The highest BCUT2D eigenvalue weighted by atomic mass is 16.5. The molecule has 1 aliphatic rings. The number of rotatable bonds is 3. The summed E-state index contributed by atoms with van der Waals surface area (Å²) < 4.78 is 7.72. The lowest BCUT2D eigenvalue weighted by molar-refractivity contribution is 0.0277. The van der Waals surface area contributed by atoms with Crippen LogP contribution in [0.5, 0.6) is 0 Å². The van der Waals surface area contributed by atoms with Gasteiger partial charge in [0.15, 0.2) is 0 Å². The first kappa shape index (κ1) is 15.1. The van der Waals surface area contributed by atoms with Crippen LogP contribution in [0.4, 0.5) is 0 Å². The molecule has 4 rings (SSSR count). The lowest BCUT2D eigenvalue weighted by Crippen LogP contribution is -2.33. The molecule has 122 valence electrons. The fourth-order valence-corrected chi connectivity index (χ4v) is 2.98. The highest BCUT2D eigenvalue weighted by Crippen LogP contribution is 2.24. The van der Waals surface area contributed by atoms with Crippen LogP contribution in [0.1, 0.15) is 17.2 Å². The second-order valence-electron chi connectivity index (χ2n) is 6.19. The van der Waals surface area contributed by atoms with Crippen LogP contribution in [0.3, 0.4) is 0 Å². The molecule has 1 fully saturated rings. The number of aromatic nitrogens is 2. The van der Waals surface area contributed by atoms with Gasteiger partial charge < -0.3 is 10.1 Å². The number of hydrogen-bond donors (Lipinski definition) is 1. The molecule has 0 radical (unpaired) electrons. The molecule has 0 saturated carbocycles. The van der Waals surface area contributed by atoms with Gasteiger partial charge in [0.05, 0.1) is 24.6 Å². The van der Waals surface area contributed by atoms with Crippen molar-refractivity contribution in [2.75, 3.05) is 19.7 Å². The number of nitrogens with one attached hydrogen (secondary N) is 1. The summed E-state index contributed by atoms with van der Waals surface area (Å²) in [4.78, 5) is 0. The summed E-state index contributed by atoms with van der Waals surface area (Å²) in [7, 11) is 0. The van der Waals surface area contributed by atoms with Crippen LogP contribution < -0.4 is 5.32 Å². The van der Waals surface area contributed by atoms with Gasteiger partial charge in [0, 0.05) is 24.8 Å². The van der Waals surface area contributed by atoms with Crippen LogP contribution in [-0.4, -0.2) is 29.5 Å². The SMILES string of the molecule is Cc1ccc(-n2cc(-c3ccc([C@@H]4CNCCO4)cc3)cn2)cc1. The van der Waals surface area contributed by atoms with E-state index < -0.39 is 0 Å². The second-order valence-corrected chi connectivity index (χ2v) is 6.19. The molecular formula is C20H21N3O. The minimum absolute atomic E-state index is 0.156. The third-order valence-corrected chi connectivity index (χ3v) is 4.42. The van der Waals surface area contributed by atoms with Gasteiger partial charge in [0.2, 0.25) is 0 Å². The molecular weight excluding hydrogens is 298 g/mol. The van der Waals surface area contributed by atoms with E-state index in [1.54, 1.807) is 0 Å². The van der Waals surface area contributed by atoms with E-state index in [1.165, 1.54) is 16.7 Å². The normalized spacial score (nSPS) is 17.8. The van der Waals surface area contributed by atoms with Crippen molar-refractivity contribution in [1.29, 1.82) is 0 Å². The van der Waals surface area contributed by atoms with Gasteiger partial charge in [0.25, 0.3) is 0 Å². The number of ether oxygens (including phenoxy) is 1. The van der Waals surface area contributed by atoms with Gasteiger partial charge >= 0.3 is 0 Å². The van der Waals surface area contributed by atoms with E-state index in [9.17, 15) is 0 Å². The number of benzene rings is 2. The van der Waals surface area contributed by atoms with Crippen molar-refractivity contribution >= 4 is 0 Å². The average molecular weight is 319 g/mol. The molecule has 1 N–H and O–H groups in total. The molecule has 3 aromatic rings. The lowest BCUT2D eigenvalue weighted by Gasteiger charge is -2.24. The van der Waals surface area contributed by atoms with E-state index >= 15 is 0 Å². The molecule has 0 unspecified atom stereocenters. The summed E-state index contributed by atoms with van der Waals surface area (Å²) in [5, 5.41) is 7.85. The van der Waals surface area contributed by atoms with E-state index in [0.29, 0.717) is 0 Å². The van der Waals surface area contributed by atoms with Crippen LogP contribution in [0, 0.1) is 6.92 Å². The van der Waals surface area contributed by atoms with Crippen LogP contribution in [-0.2, 0) is 4.74 Å². The molecule has 2 heterocycles. The largest absolute Gasteiger partial charge is 0.371 e. The monoisotopic (exact) mass is 319 g/mol. The highest BCUT2D eigenvalue weighted by Gasteiger charge is 2.15. The van der Waals surface area contributed by atoms with Crippen molar-refractivity contribution in [2.45, 2.75) is 13.0 Å². The van der Waals surface area contributed by atoms with Gasteiger partial charge in [-0.2, -0.15) is 5.10 Å².